The maximum Gasteiger partial charge on any atom is 0.260 e. The minimum atomic E-state index is -0.774. The second kappa shape index (κ2) is 8.59. The molecular weight excluding hydrogens is 275 g/mol. The maximum atomic E-state index is 14.0. The van der Waals surface area contributed by atoms with Gasteiger partial charge in [-0.2, -0.15) is 0 Å². The Labute approximate surface area is 124 Å². The monoisotopic (exact) mass is 298 g/mol. The number of carbonyl (C=O) groups excluding carboxylic acids is 1. The number of hydrogen-bond acceptors (Lipinski definition) is 4. The van der Waals surface area contributed by atoms with Crippen molar-refractivity contribution in [2.75, 3.05) is 27.3 Å². The lowest BCUT2D eigenvalue weighted by Crippen LogP contribution is -2.38. The summed E-state index contributed by atoms with van der Waals surface area (Å²) in [6.45, 7) is 4.32. The van der Waals surface area contributed by atoms with Crippen molar-refractivity contribution in [2.24, 2.45) is 0 Å². The van der Waals surface area contributed by atoms with Gasteiger partial charge in [0.15, 0.2) is 17.7 Å². The van der Waals surface area contributed by atoms with E-state index in [1.807, 2.05) is 6.92 Å². The summed E-state index contributed by atoms with van der Waals surface area (Å²) in [7, 11) is 3.36. The van der Waals surface area contributed by atoms with Gasteiger partial charge in [0.25, 0.3) is 5.91 Å². The molecule has 0 bridgehead atoms. The van der Waals surface area contributed by atoms with E-state index < -0.39 is 11.9 Å². The number of halogens is 1. The highest BCUT2D eigenvalue weighted by Crippen LogP contribution is 2.22. The van der Waals surface area contributed by atoms with Crippen molar-refractivity contribution >= 4 is 5.91 Å². The van der Waals surface area contributed by atoms with Crippen LogP contribution in [0, 0.1) is 5.82 Å². The van der Waals surface area contributed by atoms with E-state index in [0.29, 0.717) is 13.2 Å². The van der Waals surface area contributed by atoms with Gasteiger partial charge in [-0.05, 0) is 38.6 Å². The zero-order valence-corrected chi connectivity index (χ0v) is 12.9. The van der Waals surface area contributed by atoms with Crippen LogP contribution in [0.15, 0.2) is 18.2 Å². The van der Waals surface area contributed by atoms with Crippen molar-refractivity contribution in [3.8, 4) is 5.75 Å². The lowest BCUT2D eigenvalue weighted by atomic mass is 10.1. The Balaban J connectivity index is 2.63. The molecule has 1 aromatic rings. The maximum absolute atomic E-state index is 14.0. The molecule has 0 aliphatic rings. The largest absolute Gasteiger partial charge is 0.478 e. The predicted octanol–water partition coefficient (Wildman–Crippen LogP) is 1.64. The molecule has 0 radical (unpaired) electrons. The molecule has 0 saturated carbocycles. The second-order valence-corrected chi connectivity index (χ2v) is 4.74. The van der Waals surface area contributed by atoms with E-state index in [-0.39, 0.29) is 17.7 Å². The lowest BCUT2D eigenvalue weighted by Gasteiger charge is -2.16. The first-order chi connectivity index (χ1) is 9.99. The first-order valence-electron chi connectivity index (χ1n) is 6.89. The van der Waals surface area contributed by atoms with Crippen molar-refractivity contribution in [2.45, 2.75) is 26.0 Å². The minimum absolute atomic E-state index is 0.0447. The quantitative estimate of drug-likeness (QED) is 0.716. The molecule has 0 aliphatic carbocycles. The number of rotatable bonds is 8. The number of benzene rings is 1. The van der Waals surface area contributed by atoms with Crippen molar-refractivity contribution in [1.82, 2.24) is 10.6 Å². The first kappa shape index (κ1) is 17.4. The van der Waals surface area contributed by atoms with Crippen LogP contribution in [-0.2, 0) is 9.53 Å². The van der Waals surface area contributed by atoms with Gasteiger partial charge in [0.1, 0.15) is 0 Å². The van der Waals surface area contributed by atoms with Crippen LogP contribution >= 0.6 is 0 Å². The number of carbonyl (C=O) groups is 1. The molecule has 1 rings (SSSR count). The summed E-state index contributed by atoms with van der Waals surface area (Å²) in [5, 5.41) is 5.67. The van der Waals surface area contributed by atoms with Crippen molar-refractivity contribution in [3.63, 3.8) is 0 Å². The van der Waals surface area contributed by atoms with Gasteiger partial charge < -0.3 is 20.1 Å². The molecule has 0 spiro atoms. The number of ether oxygens (including phenoxy) is 2. The van der Waals surface area contributed by atoms with Gasteiger partial charge in [-0.15, -0.1) is 0 Å². The molecule has 0 fully saturated rings. The average molecular weight is 298 g/mol. The van der Waals surface area contributed by atoms with Gasteiger partial charge in [-0.1, -0.05) is 6.07 Å². The molecule has 1 amide bonds. The van der Waals surface area contributed by atoms with E-state index in [2.05, 4.69) is 10.6 Å². The summed E-state index contributed by atoms with van der Waals surface area (Å²) < 4.78 is 24.2. The van der Waals surface area contributed by atoms with E-state index in [9.17, 15) is 9.18 Å². The Morgan fingerprint density at radius 1 is 1.38 bits per heavy atom. The van der Waals surface area contributed by atoms with Crippen molar-refractivity contribution in [1.29, 1.82) is 0 Å². The van der Waals surface area contributed by atoms with Gasteiger partial charge in [0.05, 0.1) is 6.61 Å². The Kier molecular flexibility index (Phi) is 7.11. The Morgan fingerprint density at radius 3 is 2.67 bits per heavy atom. The van der Waals surface area contributed by atoms with Crippen LogP contribution < -0.4 is 15.4 Å². The molecule has 1 aromatic carbocycles. The molecule has 2 unspecified atom stereocenters. The summed E-state index contributed by atoms with van der Waals surface area (Å²) in [5.41, 5.74) is 0.819. The van der Waals surface area contributed by atoms with E-state index in [4.69, 9.17) is 9.47 Å². The molecule has 21 heavy (non-hydrogen) atoms. The van der Waals surface area contributed by atoms with Gasteiger partial charge in [-0.3, -0.25) is 4.79 Å². The molecule has 5 nitrogen and oxygen atoms in total. The normalized spacial score (nSPS) is 13.6. The number of nitrogens with one attached hydrogen (secondary N) is 2. The van der Waals surface area contributed by atoms with Gasteiger partial charge in [0, 0.05) is 19.7 Å². The average Bonchev–Trinajstić information content (AvgIpc) is 2.48. The van der Waals surface area contributed by atoms with E-state index >= 15 is 0 Å². The SMILES string of the molecule is CNC(C)c1ccc(OC(C)C(=O)NCCOC)c(F)c1. The van der Waals surface area contributed by atoms with Crippen LogP contribution in [0.3, 0.4) is 0 Å². The number of methoxy groups -OCH3 is 1. The second-order valence-electron chi connectivity index (χ2n) is 4.74. The molecule has 0 saturated heterocycles. The predicted molar refractivity (Wildman–Crippen MR) is 78.9 cm³/mol. The summed E-state index contributed by atoms with van der Waals surface area (Å²) in [6, 6.07) is 4.77. The lowest BCUT2D eigenvalue weighted by molar-refractivity contribution is -0.127. The number of amides is 1. The summed E-state index contributed by atoms with van der Waals surface area (Å²) in [4.78, 5) is 11.7. The van der Waals surface area contributed by atoms with Crippen molar-refractivity contribution < 1.29 is 18.7 Å². The smallest absolute Gasteiger partial charge is 0.260 e. The molecule has 2 N–H and O–H groups in total. The van der Waals surface area contributed by atoms with Crippen LogP contribution in [0.2, 0.25) is 0 Å². The van der Waals surface area contributed by atoms with E-state index in [1.54, 1.807) is 27.1 Å². The van der Waals surface area contributed by atoms with Gasteiger partial charge >= 0.3 is 0 Å². The minimum Gasteiger partial charge on any atom is -0.478 e. The molecule has 0 aromatic heterocycles. The fourth-order valence-corrected chi connectivity index (χ4v) is 1.71. The fourth-order valence-electron chi connectivity index (χ4n) is 1.71. The van der Waals surface area contributed by atoms with Crippen molar-refractivity contribution in [3.05, 3.63) is 29.6 Å². The molecule has 2 atom stereocenters. The van der Waals surface area contributed by atoms with Crippen LogP contribution in [0.4, 0.5) is 4.39 Å². The van der Waals surface area contributed by atoms with Crippen LogP contribution in [0.1, 0.15) is 25.5 Å². The van der Waals surface area contributed by atoms with Crippen LogP contribution in [-0.4, -0.2) is 39.3 Å². The third kappa shape index (κ3) is 5.32. The van der Waals surface area contributed by atoms with Crippen LogP contribution in [0.25, 0.3) is 0 Å². The fraction of sp³-hybridized carbons (Fsp3) is 0.533. The Hall–Kier alpha value is -1.66. The molecule has 0 heterocycles. The standard InChI is InChI=1S/C15H23FN2O3/c1-10(17-3)12-5-6-14(13(16)9-12)21-11(2)15(19)18-7-8-20-4/h5-6,9-11,17H,7-8H2,1-4H3,(H,18,19). The highest BCUT2D eigenvalue weighted by atomic mass is 19.1. The summed E-state index contributed by atoms with van der Waals surface area (Å²) >= 11 is 0. The van der Waals surface area contributed by atoms with E-state index in [1.165, 1.54) is 12.1 Å². The van der Waals surface area contributed by atoms with E-state index in [0.717, 1.165) is 5.56 Å². The molecule has 118 valence electrons. The highest BCUT2D eigenvalue weighted by Gasteiger charge is 2.17. The third-order valence-electron chi connectivity index (χ3n) is 3.17. The molecule has 0 aliphatic heterocycles. The third-order valence-corrected chi connectivity index (χ3v) is 3.17. The zero-order chi connectivity index (χ0) is 15.8. The molecule has 6 heteroatoms. The Morgan fingerprint density at radius 2 is 2.10 bits per heavy atom. The van der Waals surface area contributed by atoms with Crippen LogP contribution in [0.5, 0.6) is 5.75 Å². The Bertz CT molecular complexity index is 468. The molecular formula is C15H23FN2O3. The van der Waals surface area contributed by atoms with Gasteiger partial charge in [-0.25, -0.2) is 4.39 Å². The topological polar surface area (TPSA) is 59.6 Å². The zero-order valence-electron chi connectivity index (χ0n) is 12.9. The summed E-state index contributed by atoms with van der Waals surface area (Å²) in [6.07, 6.45) is -0.774. The number of hydrogen-bond donors (Lipinski definition) is 2. The summed E-state index contributed by atoms with van der Waals surface area (Å²) in [5.74, 6) is -0.721. The highest BCUT2D eigenvalue weighted by molar-refractivity contribution is 5.80. The first-order valence-corrected chi connectivity index (χ1v) is 6.89. The van der Waals surface area contributed by atoms with Gasteiger partial charge in [0.2, 0.25) is 0 Å².